The molecule has 0 saturated carbocycles. The zero-order chi connectivity index (χ0) is 8.97. The summed E-state index contributed by atoms with van der Waals surface area (Å²) in [5, 5.41) is 9.12. The van der Waals surface area contributed by atoms with E-state index in [9.17, 15) is 8.76 Å². The van der Waals surface area contributed by atoms with Crippen molar-refractivity contribution in [2.75, 3.05) is 0 Å². The van der Waals surface area contributed by atoms with Crippen molar-refractivity contribution in [2.24, 2.45) is 0 Å². The van der Waals surface area contributed by atoms with E-state index in [-0.39, 0.29) is 5.69 Å². The quantitative estimate of drug-likeness (QED) is 0.491. The summed E-state index contributed by atoms with van der Waals surface area (Å²) in [5.74, 6) is 0. The fraction of sp³-hybridized carbons (Fsp3) is 0.167. The van der Waals surface area contributed by atoms with Crippen LogP contribution < -0.4 is 4.72 Å². The van der Waals surface area contributed by atoms with Crippen LogP contribution >= 0.6 is 0 Å². The van der Waals surface area contributed by atoms with Crippen molar-refractivity contribution < 1.29 is 13.9 Å². The molecule has 1 rings (SSSR count). The third kappa shape index (κ3) is 2.67. The number of rotatable bonds is 3. The van der Waals surface area contributed by atoms with E-state index in [1.165, 1.54) is 12.3 Å². The molecular weight excluding hydrogens is 180 g/mol. The van der Waals surface area contributed by atoms with Crippen LogP contribution in [0.25, 0.3) is 0 Å². The van der Waals surface area contributed by atoms with Crippen LogP contribution in [0.15, 0.2) is 24.4 Å². The topological polar surface area (TPSA) is 85.3 Å². The Morgan fingerprint density at radius 2 is 2.42 bits per heavy atom. The molecule has 6 heteroatoms. The van der Waals surface area contributed by atoms with E-state index in [2.05, 4.69) is 4.98 Å². The van der Waals surface area contributed by atoms with Gasteiger partial charge in [-0.3, -0.25) is 9.19 Å². The van der Waals surface area contributed by atoms with Crippen molar-refractivity contribution >= 4 is 11.3 Å². The normalized spacial score (nSPS) is 15.5. The van der Waals surface area contributed by atoms with Crippen LogP contribution in [0.3, 0.4) is 0 Å². The zero-order valence-electron chi connectivity index (χ0n) is 6.01. The monoisotopic (exact) mass is 187 g/mol. The molecule has 0 amide bonds. The zero-order valence-corrected chi connectivity index (χ0v) is 6.82. The number of aliphatic hydroxyl groups excluding tert-OH is 1. The summed E-state index contributed by atoms with van der Waals surface area (Å²) in [4.78, 5) is 3.75. The van der Waals surface area contributed by atoms with Gasteiger partial charge in [-0.2, -0.15) is 0 Å². The molecule has 2 N–H and O–H groups in total. The van der Waals surface area contributed by atoms with Gasteiger partial charge in [-0.1, -0.05) is 6.07 Å². The van der Waals surface area contributed by atoms with E-state index in [0.29, 0.717) is 0 Å². The number of hydrogen-bond donors (Lipinski definition) is 2. The van der Waals surface area contributed by atoms with Crippen LogP contribution in [0.5, 0.6) is 0 Å². The lowest BCUT2D eigenvalue weighted by Gasteiger charge is -2.13. The summed E-state index contributed by atoms with van der Waals surface area (Å²) in [5.41, 5.74) is 0.265. The minimum Gasteiger partial charge on any atom is -0.760 e. The third-order valence-electron chi connectivity index (χ3n) is 1.18. The van der Waals surface area contributed by atoms with Gasteiger partial charge < -0.3 is 9.66 Å². The molecule has 2 unspecified atom stereocenters. The highest BCUT2D eigenvalue weighted by Crippen LogP contribution is 2.04. The number of aromatic nitrogens is 1. The molecule has 1 aromatic heterocycles. The molecule has 0 bridgehead atoms. The minimum absolute atomic E-state index is 0.265. The highest BCUT2D eigenvalue weighted by atomic mass is 32.2. The van der Waals surface area contributed by atoms with Gasteiger partial charge >= 0.3 is 0 Å². The molecule has 12 heavy (non-hydrogen) atoms. The van der Waals surface area contributed by atoms with Crippen LogP contribution in [0.1, 0.15) is 11.9 Å². The largest absolute Gasteiger partial charge is 0.760 e. The molecule has 0 saturated heterocycles. The highest BCUT2D eigenvalue weighted by Gasteiger charge is 2.05. The van der Waals surface area contributed by atoms with Crippen molar-refractivity contribution in [3.8, 4) is 0 Å². The summed E-state index contributed by atoms with van der Waals surface area (Å²) < 4.78 is 22.0. The van der Waals surface area contributed by atoms with Gasteiger partial charge in [-0.25, -0.2) is 4.72 Å². The average molecular weight is 187 g/mol. The summed E-state index contributed by atoms with van der Waals surface area (Å²) >= 11 is -2.49. The lowest BCUT2D eigenvalue weighted by molar-refractivity contribution is 0.160. The first kappa shape index (κ1) is 9.27. The first-order valence-corrected chi connectivity index (χ1v) is 4.22. The van der Waals surface area contributed by atoms with Gasteiger partial charge in [0, 0.05) is 17.5 Å². The Kier molecular flexibility index (Phi) is 3.30. The number of nitrogens with one attached hydrogen (secondary N) is 1. The molecule has 0 aromatic carbocycles. The Morgan fingerprint density at radius 3 is 2.92 bits per heavy atom. The maximum atomic E-state index is 10.1. The van der Waals surface area contributed by atoms with E-state index in [4.69, 9.17) is 5.11 Å². The lowest BCUT2D eigenvalue weighted by atomic mass is 10.3. The average Bonchev–Trinajstić information content (AvgIpc) is 2.05. The minimum atomic E-state index is -2.49. The third-order valence-corrected chi connectivity index (χ3v) is 1.59. The van der Waals surface area contributed by atoms with E-state index in [0.717, 1.165) is 0 Å². The van der Waals surface area contributed by atoms with E-state index < -0.39 is 17.5 Å². The molecule has 2 atom stereocenters. The van der Waals surface area contributed by atoms with Gasteiger partial charge in [-0.05, 0) is 12.1 Å². The van der Waals surface area contributed by atoms with E-state index in [1.807, 2.05) is 4.72 Å². The Bertz CT molecular complexity index is 267. The van der Waals surface area contributed by atoms with Gasteiger partial charge in [0.25, 0.3) is 0 Å². The lowest BCUT2D eigenvalue weighted by Crippen LogP contribution is -2.23. The van der Waals surface area contributed by atoms with Crippen LogP contribution in [-0.2, 0) is 11.3 Å². The molecule has 0 fully saturated rings. The number of aliphatic hydroxyl groups is 1. The van der Waals surface area contributed by atoms with Crippen LogP contribution in [-0.4, -0.2) is 18.9 Å². The van der Waals surface area contributed by atoms with Crippen molar-refractivity contribution in [1.29, 1.82) is 0 Å². The van der Waals surface area contributed by atoms with E-state index >= 15 is 0 Å². The van der Waals surface area contributed by atoms with Gasteiger partial charge in [-0.15, -0.1) is 0 Å². The van der Waals surface area contributed by atoms with Crippen LogP contribution in [0, 0.1) is 0 Å². The van der Waals surface area contributed by atoms with Crippen molar-refractivity contribution in [3.63, 3.8) is 0 Å². The Labute approximate surface area is 71.9 Å². The van der Waals surface area contributed by atoms with Crippen molar-refractivity contribution in [2.45, 2.75) is 6.23 Å². The molecule has 0 spiro atoms. The van der Waals surface area contributed by atoms with Gasteiger partial charge in [0.2, 0.25) is 0 Å². The first-order valence-electron chi connectivity index (χ1n) is 3.14. The summed E-state index contributed by atoms with van der Waals surface area (Å²) in [6, 6.07) is 4.84. The fourth-order valence-electron chi connectivity index (χ4n) is 0.689. The van der Waals surface area contributed by atoms with Gasteiger partial charge in [0.1, 0.15) is 0 Å². The number of pyridine rings is 1. The molecule has 5 nitrogen and oxygen atoms in total. The number of hydrogen-bond acceptors (Lipinski definition) is 4. The van der Waals surface area contributed by atoms with Crippen LogP contribution in [0.4, 0.5) is 0 Å². The Balaban J connectivity index is 2.65. The van der Waals surface area contributed by atoms with E-state index in [1.54, 1.807) is 12.1 Å². The van der Waals surface area contributed by atoms with Gasteiger partial charge in [0.05, 0.1) is 5.69 Å². The molecule has 0 aliphatic rings. The van der Waals surface area contributed by atoms with Crippen LogP contribution in [0.2, 0.25) is 0 Å². The maximum absolute atomic E-state index is 10.1. The van der Waals surface area contributed by atoms with Crippen molar-refractivity contribution in [1.82, 2.24) is 9.71 Å². The highest BCUT2D eigenvalue weighted by molar-refractivity contribution is 7.77. The molecule has 0 aliphatic heterocycles. The predicted octanol–water partition coefficient (Wildman–Crippen LogP) is -0.544. The Morgan fingerprint density at radius 1 is 1.67 bits per heavy atom. The molecule has 0 aliphatic carbocycles. The second-order valence-electron chi connectivity index (χ2n) is 2.01. The summed E-state index contributed by atoms with van der Waals surface area (Å²) in [6.45, 7) is 0. The van der Waals surface area contributed by atoms with Crippen molar-refractivity contribution in [3.05, 3.63) is 30.1 Å². The first-order chi connectivity index (χ1) is 5.70. The molecule has 1 heterocycles. The maximum Gasteiger partial charge on any atom is 0.157 e. The van der Waals surface area contributed by atoms with Gasteiger partial charge in [0.15, 0.2) is 6.23 Å². The second-order valence-corrected chi connectivity index (χ2v) is 2.71. The SMILES string of the molecule is O=S([O-])NC(O)c1ccccn1. The predicted molar refractivity (Wildman–Crippen MR) is 41.3 cm³/mol. The summed E-state index contributed by atoms with van der Waals surface area (Å²) in [7, 11) is 0. The second kappa shape index (κ2) is 4.27. The number of nitrogens with zero attached hydrogens (tertiary/aromatic N) is 1. The summed E-state index contributed by atoms with van der Waals surface area (Å²) in [6.07, 6.45) is 0.193. The Hall–Kier alpha value is -0.820. The molecule has 1 aromatic rings. The molecule has 0 radical (unpaired) electrons. The molecule has 66 valence electrons. The smallest absolute Gasteiger partial charge is 0.157 e. The molecular formula is C6H7N2O3S-. The standard InChI is InChI=1S/C6H8N2O3S/c9-6(8-12(10)11)5-3-1-2-4-7-5/h1-4,6,8-9H,(H,10,11)/p-1. The fourth-order valence-corrected chi connectivity index (χ4v) is 0.992.